The van der Waals surface area contributed by atoms with E-state index in [4.69, 9.17) is 0 Å². The zero-order chi connectivity index (χ0) is 13.4. The lowest BCUT2D eigenvalue weighted by atomic mass is 10.1. The number of fused-ring (bicyclic) bond motifs is 1. The van der Waals surface area contributed by atoms with Crippen molar-refractivity contribution in [2.75, 3.05) is 11.9 Å². The number of carbonyl (C=O) groups is 1. The smallest absolute Gasteiger partial charge is 0.325 e. The predicted molar refractivity (Wildman–Crippen MR) is 70.7 cm³/mol. The maximum atomic E-state index is 11.9. The number of amides is 2. The first kappa shape index (κ1) is 12.2. The molecule has 1 aliphatic heterocycles. The number of nitrogens with one attached hydrogen (secondary N) is 2. The van der Waals surface area contributed by atoms with E-state index in [1.165, 1.54) is 4.90 Å². The van der Waals surface area contributed by atoms with Crippen LogP contribution in [0.5, 0.6) is 0 Å². The Hall–Kier alpha value is -1.82. The van der Waals surface area contributed by atoms with Crippen molar-refractivity contribution in [1.82, 2.24) is 14.9 Å². The minimum atomic E-state index is -0.931. The third kappa shape index (κ3) is 2.02. The van der Waals surface area contributed by atoms with Gasteiger partial charge in [-0.25, -0.2) is 9.78 Å². The molecule has 1 atom stereocenters. The van der Waals surface area contributed by atoms with Gasteiger partial charge in [0.1, 0.15) is 11.5 Å². The summed E-state index contributed by atoms with van der Waals surface area (Å²) in [7, 11) is 0. The van der Waals surface area contributed by atoms with E-state index >= 15 is 0 Å². The molecule has 0 saturated heterocycles. The molecular weight excluding hydrogens is 244 g/mol. The highest BCUT2D eigenvalue weighted by Crippen LogP contribution is 2.34. The highest BCUT2D eigenvalue weighted by atomic mass is 16.3. The van der Waals surface area contributed by atoms with Gasteiger partial charge < -0.3 is 10.1 Å². The van der Waals surface area contributed by atoms with Crippen LogP contribution >= 0.6 is 0 Å². The summed E-state index contributed by atoms with van der Waals surface area (Å²) >= 11 is 0. The first-order valence-corrected chi connectivity index (χ1v) is 6.71. The number of hydrogen-bond acceptors (Lipinski definition) is 3. The summed E-state index contributed by atoms with van der Waals surface area (Å²) in [5.41, 5.74) is 0.593. The number of anilines is 1. The molecule has 1 aliphatic carbocycles. The van der Waals surface area contributed by atoms with E-state index in [2.05, 4.69) is 27.4 Å². The molecule has 0 bridgehead atoms. The molecule has 3 rings (SSSR count). The van der Waals surface area contributed by atoms with Crippen molar-refractivity contribution < 1.29 is 9.90 Å². The van der Waals surface area contributed by atoms with Gasteiger partial charge in [0.15, 0.2) is 12.0 Å². The fourth-order valence-corrected chi connectivity index (χ4v) is 2.63. The first-order chi connectivity index (χ1) is 9.20. The van der Waals surface area contributed by atoms with E-state index in [9.17, 15) is 9.90 Å². The molecular formula is C13H18N4O2. The summed E-state index contributed by atoms with van der Waals surface area (Å²) in [6, 6.07) is -0.288. The van der Waals surface area contributed by atoms with Gasteiger partial charge in [0, 0.05) is 12.5 Å². The summed E-state index contributed by atoms with van der Waals surface area (Å²) in [5, 5.41) is 13.0. The third-order valence-electron chi connectivity index (χ3n) is 3.65. The molecule has 0 radical (unpaired) electrons. The number of aliphatic hydroxyl groups excluding tert-OH is 1. The van der Waals surface area contributed by atoms with Crippen LogP contribution in [0, 0.1) is 0 Å². The van der Waals surface area contributed by atoms with E-state index in [1.807, 2.05) is 6.92 Å². The first-order valence-electron chi connectivity index (χ1n) is 6.71. The average Bonchev–Trinajstić information content (AvgIpc) is 3.02. The van der Waals surface area contributed by atoms with Crippen molar-refractivity contribution in [3.8, 4) is 0 Å². The molecule has 0 aromatic carbocycles. The molecule has 2 amide bonds. The fourth-order valence-electron chi connectivity index (χ4n) is 2.63. The Morgan fingerprint density at radius 2 is 2.21 bits per heavy atom. The lowest BCUT2D eigenvalue weighted by Crippen LogP contribution is -2.42. The van der Waals surface area contributed by atoms with Crippen LogP contribution in [0.4, 0.5) is 10.6 Å². The van der Waals surface area contributed by atoms with E-state index < -0.39 is 6.23 Å². The lowest BCUT2D eigenvalue weighted by molar-refractivity contribution is 0.0280. The van der Waals surface area contributed by atoms with Crippen LogP contribution in [-0.4, -0.2) is 32.6 Å². The van der Waals surface area contributed by atoms with E-state index in [0.29, 0.717) is 24.0 Å². The van der Waals surface area contributed by atoms with E-state index in [0.717, 1.165) is 25.1 Å². The monoisotopic (exact) mass is 262 g/mol. The molecule has 0 saturated carbocycles. The van der Waals surface area contributed by atoms with Crippen LogP contribution in [-0.2, 0) is 0 Å². The summed E-state index contributed by atoms with van der Waals surface area (Å²) in [4.78, 5) is 20.9. The predicted octanol–water partition coefficient (Wildman–Crippen LogP) is 2.09. The number of aromatic amines is 1. The van der Waals surface area contributed by atoms with Gasteiger partial charge in [0.2, 0.25) is 0 Å². The molecule has 6 nitrogen and oxygen atoms in total. The number of allylic oxidation sites excluding steroid dienone is 2. The van der Waals surface area contributed by atoms with E-state index in [1.54, 1.807) is 0 Å². The van der Waals surface area contributed by atoms with Crippen molar-refractivity contribution in [3.05, 3.63) is 23.7 Å². The summed E-state index contributed by atoms with van der Waals surface area (Å²) in [5.74, 6) is 1.63. The van der Waals surface area contributed by atoms with Gasteiger partial charge in [0.05, 0.1) is 0 Å². The second-order valence-corrected chi connectivity index (χ2v) is 5.02. The zero-order valence-electron chi connectivity index (χ0n) is 10.9. The van der Waals surface area contributed by atoms with Crippen LogP contribution in [0.15, 0.2) is 12.2 Å². The molecule has 1 aromatic heterocycles. The minimum Gasteiger partial charge on any atom is -0.368 e. The highest BCUT2D eigenvalue weighted by molar-refractivity contribution is 5.91. The number of carbonyl (C=O) groups excluding carboxylic acids is 1. The molecule has 0 fully saturated rings. The average molecular weight is 262 g/mol. The van der Waals surface area contributed by atoms with Crippen LogP contribution in [0.3, 0.4) is 0 Å². The summed E-state index contributed by atoms with van der Waals surface area (Å²) in [6.07, 6.45) is 6.03. The second-order valence-electron chi connectivity index (χ2n) is 5.02. The quantitative estimate of drug-likeness (QED) is 0.729. The molecule has 1 aromatic rings. The molecule has 102 valence electrons. The van der Waals surface area contributed by atoms with Crippen LogP contribution in [0.2, 0.25) is 0 Å². The molecule has 2 heterocycles. The van der Waals surface area contributed by atoms with Crippen molar-refractivity contribution in [3.63, 3.8) is 0 Å². The normalized spacial score (nSPS) is 22.7. The second kappa shape index (κ2) is 4.70. The molecule has 19 heavy (non-hydrogen) atoms. The zero-order valence-corrected chi connectivity index (χ0v) is 10.9. The van der Waals surface area contributed by atoms with Crippen LogP contribution < -0.4 is 5.32 Å². The number of imidazole rings is 1. The summed E-state index contributed by atoms with van der Waals surface area (Å²) in [6.45, 7) is 2.49. The molecule has 1 unspecified atom stereocenters. The number of aromatic nitrogens is 2. The molecule has 2 aliphatic rings. The molecule has 3 N–H and O–H groups in total. The Kier molecular flexibility index (Phi) is 3.02. The van der Waals surface area contributed by atoms with Gasteiger partial charge >= 0.3 is 6.03 Å². The van der Waals surface area contributed by atoms with Gasteiger partial charge in [-0.3, -0.25) is 10.2 Å². The molecule has 6 heteroatoms. The Bertz CT molecular complexity index is 515. The van der Waals surface area contributed by atoms with E-state index in [-0.39, 0.29) is 6.03 Å². The Labute approximate surface area is 111 Å². The van der Waals surface area contributed by atoms with Gasteiger partial charge in [0.25, 0.3) is 0 Å². The van der Waals surface area contributed by atoms with Gasteiger partial charge in [-0.2, -0.15) is 0 Å². The number of aliphatic hydroxyl groups is 1. The number of H-pyrrole nitrogens is 1. The van der Waals surface area contributed by atoms with Crippen molar-refractivity contribution in [1.29, 1.82) is 0 Å². The van der Waals surface area contributed by atoms with Crippen LogP contribution in [0.25, 0.3) is 0 Å². The maximum Gasteiger partial charge on any atom is 0.325 e. The maximum absolute atomic E-state index is 11.9. The number of rotatable bonds is 3. The Morgan fingerprint density at radius 1 is 1.47 bits per heavy atom. The topological polar surface area (TPSA) is 81.2 Å². The van der Waals surface area contributed by atoms with Crippen molar-refractivity contribution in [2.24, 2.45) is 0 Å². The highest BCUT2D eigenvalue weighted by Gasteiger charge is 2.34. The number of urea groups is 1. The van der Waals surface area contributed by atoms with Crippen LogP contribution in [0.1, 0.15) is 49.9 Å². The molecule has 0 spiro atoms. The SMILES string of the molecule is CCCN1C(=O)Nc2nc(C3CC=CC3)[nH]c2C1O. The minimum absolute atomic E-state index is 0.288. The third-order valence-corrected chi connectivity index (χ3v) is 3.65. The standard InChI is InChI=1S/C13H18N4O2/c1-2-7-17-12(18)9-11(16-13(17)19)15-10(14-9)8-5-3-4-6-8/h3-4,8,12,18H,2,5-7H2,1H3,(H,14,15)(H,16,19). The van der Waals surface area contributed by atoms with Crippen molar-refractivity contribution in [2.45, 2.75) is 38.3 Å². The van der Waals surface area contributed by atoms with Gasteiger partial charge in [-0.1, -0.05) is 19.1 Å². The Balaban J connectivity index is 1.88. The lowest BCUT2D eigenvalue weighted by Gasteiger charge is -2.31. The number of nitrogens with zero attached hydrogens (tertiary/aromatic N) is 2. The fraction of sp³-hybridized carbons (Fsp3) is 0.538. The number of hydrogen-bond donors (Lipinski definition) is 3. The Morgan fingerprint density at radius 3 is 2.89 bits per heavy atom. The largest absolute Gasteiger partial charge is 0.368 e. The van der Waals surface area contributed by atoms with Crippen molar-refractivity contribution >= 4 is 11.8 Å². The summed E-state index contributed by atoms with van der Waals surface area (Å²) < 4.78 is 0. The van der Waals surface area contributed by atoms with Gasteiger partial charge in [-0.05, 0) is 19.3 Å². The van der Waals surface area contributed by atoms with Gasteiger partial charge in [-0.15, -0.1) is 0 Å².